The van der Waals surface area contributed by atoms with Crippen LogP contribution in [0, 0.1) is 6.92 Å². The normalized spacial score (nSPS) is 15.2. The number of aromatic nitrogens is 2. The average Bonchev–Trinajstić information content (AvgIpc) is 2.96. The summed E-state index contributed by atoms with van der Waals surface area (Å²) in [6, 6.07) is 23.6. The fraction of sp³-hybridized carbons (Fsp3) is 0.303. The SMILES string of the molecule is COc1cccc(NC(=O)CSc2nc3c(c(=O)n2-c2cccc(C)c2)C2(CCCCC2)Cc2ccccc2-3)c1. The number of anilines is 1. The fourth-order valence-electron chi connectivity index (χ4n) is 6.31. The number of nitrogens with one attached hydrogen (secondary N) is 1. The fourth-order valence-corrected chi connectivity index (χ4v) is 7.11. The van der Waals surface area contributed by atoms with Crippen molar-refractivity contribution >= 4 is 23.4 Å². The molecule has 6 rings (SSSR count). The average molecular weight is 552 g/mol. The van der Waals surface area contributed by atoms with Crippen LogP contribution in [0.25, 0.3) is 16.9 Å². The number of aryl methyl sites for hydroxylation is 1. The third kappa shape index (κ3) is 4.94. The zero-order valence-electron chi connectivity index (χ0n) is 22.9. The van der Waals surface area contributed by atoms with Crippen molar-refractivity contribution in [3.63, 3.8) is 0 Å². The van der Waals surface area contributed by atoms with Crippen LogP contribution in [-0.2, 0) is 16.6 Å². The van der Waals surface area contributed by atoms with Crippen molar-refractivity contribution < 1.29 is 9.53 Å². The second kappa shape index (κ2) is 11.0. The zero-order valence-corrected chi connectivity index (χ0v) is 23.7. The number of carbonyl (C=O) groups excluding carboxylic acids is 1. The Morgan fingerprint density at radius 2 is 1.82 bits per heavy atom. The summed E-state index contributed by atoms with van der Waals surface area (Å²) in [7, 11) is 1.60. The standard InChI is InChI=1S/C33H33N3O3S/c1-22-10-8-13-25(18-22)36-31(38)29-30(27-15-5-4-11-23(27)20-33(29)16-6-3-7-17-33)35-32(36)40-21-28(37)34-24-12-9-14-26(19-24)39-2/h4-5,8-15,18-19H,3,6-7,16-17,20-21H2,1-2H3,(H,34,37). The van der Waals surface area contributed by atoms with Crippen LogP contribution in [0.3, 0.4) is 0 Å². The zero-order chi connectivity index (χ0) is 27.7. The van der Waals surface area contributed by atoms with Gasteiger partial charge in [0.25, 0.3) is 5.56 Å². The van der Waals surface area contributed by atoms with Crippen molar-refractivity contribution in [1.29, 1.82) is 0 Å². The van der Waals surface area contributed by atoms with Crippen molar-refractivity contribution in [2.45, 2.75) is 56.0 Å². The number of methoxy groups -OCH3 is 1. The third-order valence-corrected chi connectivity index (χ3v) is 9.08. The van der Waals surface area contributed by atoms with Crippen LogP contribution in [0.2, 0.25) is 0 Å². The molecule has 0 unspecified atom stereocenters. The Labute approximate surface area is 238 Å². The maximum absolute atomic E-state index is 14.6. The lowest BCUT2D eigenvalue weighted by atomic mass is 9.62. The number of thioether (sulfide) groups is 1. The first-order valence-electron chi connectivity index (χ1n) is 13.9. The van der Waals surface area contributed by atoms with Crippen LogP contribution in [0.4, 0.5) is 5.69 Å². The van der Waals surface area contributed by atoms with E-state index in [0.29, 0.717) is 16.6 Å². The lowest BCUT2D eigenvalue weighted by Gasteiger charge is -2.42. The minimum absolute atomic E-state index is 0.0114. The van der Waals surface area contributed by atoms with E-state index in [-0.39, 0.29) is 22.6 Å². The van der Waals surface area contributed by atoms with Crippen molar-refractivity contribution in [3.8, 4) is 22.7 Å². The molecule has 2 aliphatic rings. The highest BCUT2D eigenvalue weighted by molar-refractivity contribution is 7.99. The van der Waals surface area contributed by atoms with Crippen molar-refractivity contribution in [2.24, 2.45) is 0 Å². The lowest BCUT2D eigenvalue weighted by Crippen LogP contribution is -2.43. The highest BCUT2D eigenvalue weighted by Crippen LogP contribution is 2.49. The minimum atomic E-state index is -0.204. The van der Waals surface area contributed by atoms with Gasteiger partial charge in [0.2, 0.25) is 5.91 Å². The molecule has 6 nitrogen and oxygen atoms in total. The van der Waals surface area contributed by atoms with Gasteiger partial charge in [0.05, 0.1) is 29.8 Å². The van der Waals surface area contributed by atoms with Crippen molar-refractivity contribution in [2.75, 3.05) is 18.2 Å². The number of nitrogens with zero attached hydrogens (tertiary/aromatic N) is 2. The molecule has 0 saturated heterocycles. The molecule has 40 heavy (non-hydrogen) atoms. The molecule has 1 N–H and O–H groups in total. The molecule has 3 aromatic carbocycles. The van der Waals surface area contributed by atoms with E-state index in [1.807, 2.05) is 55.5 Å². The quantitative estimate of drug-likeness (QED) is 0.213. The monoisotopic (exact) mass is 551 g/mol. The van der Waals surface area contributed by atoms with E-state index in [2.05, 4.69) is 23.5 Å². The van der Waals surface area contributed by atoms with Gasteiger partial charge in [-0.2, -0.15) is 0 Å². The molecule has 204 valence electrons. The highest BCUT2D eigenvalue weighted by Gasteiger charge is 2.43. The number of hydrogen-bond acceptors (Lipinski definition) is 5. The number of ether oxygens (including phenoxy) is 1. The lowest BCUT2D eigenvalue weighted by molar-refractivity contribution is -0.113. The first-order valence-corrected chi connectivity index (χ1v) is 14.9. The minimum Gasteiger partial charge on any atom is -0.497 e. The van der Waals surface area contributed by atoms with E-state index >= 15 is 0 Å². The van der Waals surface area contributed by atoms with Gasteiger partial charge in [-0.1, -0.05) is 73.5 Å². The molecule has 0 aliphatic heterocycles. The molecule has 0 atom stereocenters. The molecular formula is C33H33N3O3S. The molecule has 1 spiro atoms. The Bertz CT molecular complexity index is 1640. The number of hydrogen-bond donors (Lipinski definition) is 1. The van der Waals surface area contributed by atoms with Crippen molar-refractivity contribution in [3.05, 3.63) is 99.8 Å². The first-order chi connectivity index (χ1) is 19.5. The molecule has 7 heteroatoms. The highest BCUT2D eigenvalue weighted by atomic mass is 32.2. The molecule has 4 aromatic rings. The molecule has 1 aromatic heterocycles. The number of carbonyl (C=O) groups is 1. The van der Waals surface area contributed by atoms with E-state index in [1.54, 1.807) is 17.7 Å². The Morgan fingerprint density at radius 1 is 1.02 bits per heavy atom. The van der Waals surface area contributed by atoms with Gasteiger partial charge in [0.15, 0.2) is 5.16 Å². The molecular weight excluding hydrogens is 518 g/mol. The van der Waals surface area contributed by atoms with Crippen LogP contribution in [0.15, 0.2) is 82.7 Å². The second-order valence-corrected chi connectivity index (χ2v) is 11.8. The van der Waals surface area contributed by atoms with Gasteiger partial charge in [0.1, 0.15) is 5.75 Å². The van der Waals surface area contributed by atoms with Gasteiger partial charge in [-0.05, 0) is 61.6 Å². The maximum atomic E-state index is 14.6. The molecule has 0 bridgehead atoms. The molecule has 1 fully saturated rings. The third-order valence-electron chi connectivity index (χ3n) is 8.14. The summed E-state index contributed by atoms with van der Waals surface area (Å²) in [5.41, 5.74) is 6.20. The molecule has 1 heterocycles. The summed E-state index contributed by atoms with van der Waals surface area (Å²) in [5, 5.41) is 3.47. The van der Waals surface area contributed by atoms with Crippen LogP contribution in [-0.4, -0.2) is 28.3 Å². The van der Waals surface area contributed by atoms with Gasteiger partial charge in [-0.25, -0.2) is 4.98 Å². The Morgan fingerprint density at radius 3 is 2.62 bits per heavy atom. The molecule has 2 aliphatic carbocycles. The summed E-state index contributed by atoms with van der Waals surface area (Å²) < 4.78 is 7.01. The smallest absolute Gasteiger partial charge is 0.263 e. The Kier molecular flexibility index (Phi) is 7.24. The van der Waals surface area contributed by atoms with Crippen LogP contribution in [0.1, 0.15) is 48.8 Å². The van der Waals surface area contributed by atoms with Gasteiger partial charge in [-0.15, -0.1) is 0 Å². The van der Waals surface area contributed by atoms with E-state index in [1.165, 1.54) is 23.7 Å². The van der Waals surface area contributed by atoms with Gasteiger partial charge in [0, 0.05) is 22.7 Å². The second-order valence-electron chi connectivity index (χ2n) is 10.8. The number of rotatable bonds is 6. The summed E-state index contributed by atoms with van der Waals surface area (Å²) >= 11 is 1.29. The van der Waals surface area contributed by atoms with E-state index in [4.69, 9.17) is 9.72 Å². The summed E-state index contributed by atoms with van der Waals surface area (Å²) in [6.45, 7) is 2.02. The first kappa shape index (κ1) is 26.4. The molecule has 0 radical (unpaired) electrons. The number of benzene rings is 3. The van der Waals surface area contributed by atoms with Crippen molar-refractivity contribution in [1.82, 2.24) is 9.55 Å². The van der Waals surface area contributed by atoms with Crippen LogP contribution < -0.4 is 15.6 Å². The van der Waals surface area contributed by atoms with Gasteiger partial charge in [-0.3, -0.25) is 14.2 Å². The number of fused-ring (bicyclic) bond motifs is 4. The Balaban J connectivity index is 1.45. The maximum Gasteiger partial charge on any atom is 0.263 e. The van der Waals surface area contributed by atoms with E-state index in [9.17, 15) is 9.59 Å². The summed E-state index contributed by atoms with van der Waals surface area (Å²) in [4.78, 5) is 32.8. The Hall–Kier alpha value is -3.84. The van der Waals surface area contributed by atoms with Crippen LogP contribution in [0.5, 0.6) is 5.75 Å². The predicted molar refractivity (Wildman–Crippen MR) is 161 cm³/mol. The predicted octanol–water partition coefficient (Wildman–Crippen LogP) is 6.71. The number of amides is 1. The summed E-state index contributed by atoms with van der Waals surface area (Å²) in [5.74, 6) is 0.608. The summed E-state index contributed by atoms with van der Waals surface area (Å²) in [6.07, 6.45) is 6.30. The van der Waals surface area contributed by atoms with Gasteiger partial charge >= 0.3 is 0 Å². The van der Waals surface area contributed by atoms with Crippen LogP contribution >= 0.6 is 11.8 Å². The van der Waals surface area contributed by atoms with E-state index < -0.39 is 0 Å². The molecule has 1 amide bonds. The van der Waals surface area contributed by atoms with E-state index in [0.717, 1.165) is 60.2 Å². The molecule has 1 saturated carbocycles. The largest absolute Gasteiger partial charge is 0.497 e. The van der Waals surface area contributed by atoms with Gasteiger partial charge < -0.3 is 10.1 Å². The topological polar surface area (TPSA) is 73.2 Å².